The van der Waals surface area contributed by atoms with Gasteiger partial charge in [-0.2, -0.15) is 8.78 Å². The van der Waals surface area contributed by atoms with Crippen molar-refractivity contribution in [2.45, 2.75) is 5.66 Å². The van der Waals surface area contributed by atoms with Gasteiger partial charge in [-0.15, -0.1) is 11.3 Å². The van der Waals surface area contributed by atoms with Gasteiger partial charge in [-0.3, -0.25) is 9.36 Å². The number of thiophene rings is 1. The third kappa shape index (κ3) is 3.81. The van der Waals surface area contributed by atoms with E-state index in [1.807, 2.05) is 0 Å². The van der Waals surface area contributed by atoms with Gasteiger partial charge in [0.05, 0.1) is 0 Å². The predicted octanol–water partition coefficient (Wildman–Crippen LogP) is 5.28. The van der Waals surface area contributed by atoms with Crippen LogP contribution in [0, 0.1) is 5.82 Å². The highest BCUT2D eigenvalue weighted by atomic mass is 79.9. The molecule has 0 aliphatic carbocycles. The molecule has 3 rings (SSSR count). The number of halogens is 4. The summed E-state index contributed by atoms with van der Waals surface area (Å²) in [6, 6.07) is 9.31. The maximum absolute atomic E-state index is 14.0. The van der Waals surface area contributed by atoms with E-state index in [2.05, 4.69) is 21.2 Å². The number of alkyl halides is 2. The summed E-state index contributed by atoms with van der Waals surface area (Å²) in [5.41, 5.74) is -4.03. The van der Waals surface area contributed by atoms with Crippen LogP contribution in [0.25, 0.3) is 10.1 Å². The van der Waals surface area contributed by atoms with E-state index in [1.54, 1.807) is 0 Å². The van der Waals surface area contributed by atoms with Gasteiger partial charge in [0, 0.05) is 25.8 Å². The number of fused-ring (bicyclic) bond motifs is 1. The third-order valence-electron chi connectivity index (χ3n) is 3.61. The van der Waals surface area contributed by atoms with E-state index < -0.39 is 29.9 Å². The first-order chi connectivity index (χ1) is 12.5. The molecule has 0 radical (unpaired) electrons. The molecule has 142 valence electrons. The summed E-state index contributed by atoms with van der Waals surface area (Å²) in [5, 5.41) is 2.68. The second-order valence-corrected chi connectivity index (χ2v) is 9.00. The minimum atomic E-state index is -5.72. The summed E-state index contributed by atoms with van der Waals surface area (Å²) in [6.45, 7) is 0. The van der Waals surface area contributed by atoms with E-state index in [0.29, 0.717) is 16.0 Å². The largest absolute Gasteiger partial charge is 0.400 e. The van der Waals surface area contributed by atoms with E-state index >= 15 is 0 Å². The first kappa shape index (κ1) is 20.0. The molecule has 2 aromatic carbocycles. The Morgan fingerprint density at radius 3 is 2.52 bits per heavy atom. The van der Waals surface area contributed by atoms with Crippen molar-refractivity contribution in [3.05, 3.63) is 63.2 Å². The summed E-state index contributed by atoms with van der Waals surface area (Å²) in [7, 11) is -5.72. The molecule has 0 bridgehead atoms. The quantitative estimate of drug-likeness (QED) is 0.444. The molecule has 0 saturated heterocycles. The lowest BCUT2D eigenvalue weighted by atomic mass is 10.1. The van der Waals surface area contributed by atoms with Gasteiger partial charge < -0.3 is 15.1 Å². The number of carbonyl (C=O) groups excluding carboxylic acids is 1. The smallest absolute Gasteiger partial charge is 0.322 e. The van der Waals surface area contributed by atoms with Crippen LogP contribution >= 0.6 is 34.9 Å². The van der Waals surface area contributed by atoms with Crippen LogP contribution in [0.15, 0.2) is 46.9 Å². The summed E-state index contributed by atoms with van der Waals surface area (Å²) < 4.78 is 52.5. The van der Waals surface area contributed by atoms with Crippen molar-refractivity contribution in [1.82, 2.24) is 0 Å². The maximum Gasteiger partial charge on any atom is 0.400 e. The number of rotatable bonds is 4. The fourth-order valence-corrected chi connectivity index (χ4v) is 5.23. The van der Waals surface area contributed by atoms with E-state index in [4.69, 9.17) is 9.79 Å². The first-order valence-electron chi connectivity index (χ1n) is 7.23. The van der Waals surface area contributed by atoms with Gasteiger partial charge in [0.2, 0.25) is 0 Å². The number of hydrogen-bond donors (Lipinski definition) is 3. The summed E-state index contributed by atoms with van der Waals surface area (Å²) in [4.78, 5) is 29.4. The fourth-order valence-electron chi connectivity index (χ4n) is 2.30. The van der Waals surface area contributed by atoms with Gasteiger partial charge in [-0.25, -0.2) is 4.39 Å². The van der Waals surface area contributed by atoms with Crippen LogP contribution in [0.1, 0.15) is 15.2 Å². The van der Waals surface area contributed by atoms with Crippen LogP contribution in [0.3, 0.4) is 0 Å². The highest BCUT2D eigenvalue weighted by Crippen LogP contribution is 2.62. The van der Waals surface area contributed by atoms with Gasteiger partial charge in [0.1, 0.15) is 10.7 Å². The van der Waals surface area contributed by atoms with Gasteiger partial charge in [-0.1, -0.05) is 6.07 Å². The minimum absolute atomic E-state index is 0.108. The Labute approximate surface area is 163 Å². The van der Waals surface area contributed by atoms with Crippen LogP contribution in [0.5, 0.6) is 0 Å². The molecule has 0 spiro atoms. The molecule has 1 heterocycles. The third-order valence-corrected chi connectivity index (χ3v) is 7.04. The molecule has 0 unspecified atom stereocenters. The molecule has 11 heteroatoms. The maximum atomic E-state index is 14.0. The average molecular weight is 480 g/mol. The number of anilines is 1. The molecule has 0 aliphatic heterocycles. The van der Waals surface area contributed by atoms with Crippen molar-refractivity contribution in [3.63, 3.8) is 0 Å². The molecule has 0 aliphatic rings. The Morgan fingerprint density at radius 2 is 1.89 bits per heavy atom. The molecule has 5 nitrogen and oxygen atoms in total. The molecule has 3 aromatic rings. The highest BCUT2D eigenvalue weighted by molar-refractivity contribution is 9.10. The van der Waals surface area contributed by atoms with Crippen LogP contribution in [0.2, 0.25) is 0 Å². The van der Waals surface area contributed by atoms with Crippen LogP contribution in [-0.4, -0.2) is 15.7 Å². The number of carbonyl (C=O) groups is 1. The molecule has 3 N–H and O–H groups in total. The molecular weight excluding hydrogens is 470 g/mol. The van der Waals surface area contributed by atoms with Crippen molar-refractivity contribution in [2.75, 3.05) is 5.32 Å². The highest BCUT2D eigenvalue weighted by Gasteiger charge is 2.53. The molecule has 1 aromatic heterocycles. The van der Waals surface area contributed by atoms with E-state index in [9.17, 15) is 22.5 Å². The predicted molar refractivity (Wildman–Crippen MR) is 99.8 cm³/mol. The summed E-state index contributed by atoms with van der Waals surface area (Å²) >= 11 is 3.46. The Hall–Kier alpha value is -1.71. The number of nitrogens with one attached hydrogen (secondary N) is 1. The topological polar surface area (TPSA) is 86.6 Å². The SMILES string of the molecule is O=C(Nc1cccc(F)c1)c1ccc2sc(C(F)(F)P(=O)(O)O)c(Br)c2c1. The van der Waals surface area contributed by atoms with Crippen molar-refractivity contribution < 1.29 is 32.3 Å². The molecule has 0 fully saturated rings. The molecule has 1 amide bonds. The Morgan fingerprint density at radius 1 is 1.19 bits per heavy atom. The van der Waals surface area contributed by atoms with Crippen LogP contribution in [0.4, 0.5) is 18.9 Å². The Kier molecular flexibility index (Phi) is 5.22. The Balaban J connectivity index is 1.99. The average Bonchev–Trinajstić information content (AvgIpc) is 2.91. The zero-order chi connectivity index (χ0) is 20.0. The van der Waals surface area contributed by atoms with Crippen LogP contribution in [-0.2, 0) is 10.2 Å². The van der Waals surface area contributed by atoms with Gasteiger partial charge >= 0.3 is 13.3 Å². The summed E-state index contributed by atoms with van der Waals surface area (Å²) in [6.07, 6.45) is 0. The van der Waals surface area contributed by atoms with E-state index in [0.717, 1.165) is 6.07 Å². The fraction of sp³-hybridized carbons (Fsp3) is 0.0625. The molecule has 0 saturated carbocycles. The molecular formula is C16H10BrF3NO4PS. The minimum Gasteiger partial charge on any atom is -0.322 e. The standard InChI is InChI=1S/C16H10BrF3NO4PS/c17-13-11-6-8(15(22)21-10-3-1-2-9(18)7-10)4-5-12(11)27-14(13)16(19,20)26(23,24)25/h1-7H,(H,21,22)(H2,23,24,25). The second-order valence-electron chi connectivity index (χ2n) is 5.51. The monoisotopic (exact) mass is 479 g/mol. The van der Waals surface area contributed by atoms with Crippen LogP contribution < -0.4 is 5.32 Å². The summed E-state index contributed by atoms with van der Waals surface area (Å²) in [5.74, 6) is -1.13. The number of amides is 1. The second kappa shape index (κ2) is 7.03. The van der Waals surface area contributed by atoms with Gasteiger partial charge in [-0.05, 0) is 52.3 Å². The Bertz CT molecular complexity index is 1100. The lowest BCUT2D eigenvalue weighted by Crippen LogP contribution is -2.12. The lowest BCUT2D eigenvalue weighted by molar-refractivity contribution is 0.0595. The number of benzene rings is 2. The van der Waals surface area contributed by atoms with Gasteiger partial charge in [0.25, 0.3) is 5.91 Å². The number of hydrogen-bond acceptors (Lipinski definition) is 3. The zero-order valence-corrected chi connectivity index (χ0v) is 16.4. The van der Waals surface area contributed by atoms with Gasteiger partial charge in [0.15, 0.2) is 0 Å². The normalized spacial score (nSPS) is 12.4. The zero-order valence-electron chi connectivity index (χ0n) is 13.1. The first-order valence-corrected chi connectivity index (χ1v) is 10.5. The van der Waals surface area contributed by atoms with E-state index in [1.165, 1.54) is 36.4 Å². The molecule has 0 atom stereocenters. The lowest BCUT2D eigenvalue weighted by Gasteiger charge is -2.16. The molecule has 27 heavy (non-hydrogen) atoms. The van der Waals surface area contributed by atoms with Crippen molar-refractivity contribution in [1.29, 1.82) is 0 Å². The van der Waals surface area contributed by atoms with Crippen molar-refractivity contribution >= 4 is 56.5 Å². The van der Waals surface area contributed by atoms with Crippen molar-refractivity contribution in [2.24, 2.45) is 0 Å². The van der Waals surface area contributed by atoms with Crippen molar-refractivity contribution in [3.8, 4) is 0 Å². The van der Waals surface area contributed by atoms with E-state index in [-0.39, 0.29) is 21.1 Å².